The molecule has 0 bridgehead atoms. The van der Waals surface area contributed by atoms with E-state index in [9.17, 15) is 0 Å². The van der Waals surface area contributed by atoms with Crippen LogP contribution in [0.4, 0.5) is 0 Å². The zero-order valence-corrected chi connectivity index (χ0v) is 12.8. The van der Waals surface area contributed by atoms with Crippen molar-refractivity contribution >= 4 is 11.3 Å². The summed E-state index contributed by atoms with van der Waals surface area (Å²) < 4.78 is 5.90. The number of nitrogens with one attached hydrogen (secondary N) is 1. The normalized spacial score (nSPS) is 14.1. The van der Waals surface area contributed by atoms with Gasteiger partial charge in [0.15, 0.2) is 0 Å². The van der Waals surface area contributed by atoms with Crippen LogP contribution in [0.25, 0.3) is 0 Å². The molecule has 1 aromatic carbocycles. The lowest BCUT2D eigenvalue weighted by molar-refractivity contribution is 0.319. The van der Waals surface area contributed by atoms with Gasteiger partial charge < -0.3 is 10.1 Å². The van der Waals surface area contributed by atoms with Gasteiger partial charge in [-0.25, -0.2) is 4.98 Å². The Morgan fingerprint density at radius 2 is 2.25 bits per heavy atom. The molecule has 2 heterocycles. The molecule has 1 N–H and O–H groups in total. The molecule has 3 nitrogen and oxygen atoms in total. The van der Waals surface area contributed by atoms with Crippen molar-refractivity contribution in [3.63, 3.8) is 0 Å². The molecule has 1 aromatic heterocycles. The van der Waals surface area contributed by atoms with Gasteiger partial charge in [-0.1, -0.05) is 12.1 Å². The zero-order chi connectivity index (χ0) is 13.9. The van der Waals surface area contributed by atoms with Crippen LogP contribution >= 0.6 is 11.3 Å². The van der Waals surface area contributed by atoms with Crippen molar-refractivity contribution in [2.75, 3.05) is 13.2 Å². The topological polar surface area (TPSA) is 34.1 Å². The van der Waals surface area contributed by atoms with Crippen LogP contribution in [0.15, 0.2) is 18.2 Å². The highest BCUT2D eigenvalue weighted by Crippen LogP contribution is 2.23. The van der Waals surface area contributed by atoms with E-state index in [4.69, 9.17) is 9.72 Å². The fraction of sp³-hybridized carbons (Fsp3) is 0.438. The van der Waals surface area contributed by atoms with Gasteiger partial charge in [-0.15, -0.1) is 11.3 Å². The molecular formula is C16H20N2OS. The monoisotopic (exact) mass is 288 g/mol. The van der Waals surface area contributed by atoms with E-state index in [1.54, 1.807) is 0 Å². The second-order valence-corrected chi connectivity index (χ2v) is 6.37. The first-order chi connectivity index (χ1) is 9.74. The maximum absolute atomic E-state index is 5.90. The number of aromatic nitrogens is 1. The molecule has 0 spiro atoms. The molecule has 0 radical (unpaired) electrons. The van der Waals surface area contributed by atoms with Crippen molar-refractivity contribution in [1.82, 2.24) is 10.3 Å². The third-order valence-electron chi connectivity index (χ3n) is 3.78. The minimum atomic E-state index is 0.699. The Bertz CT molecular complexity index is 583. The van der Waals surface area contributed by atoms with Crippen LogP contribution in [-0.2, 0) is 19.4 Å². The fourth-order valence-electron chi connectivity index (χ4n) is 2.41. The van der Waals surface area contributed by atoms with Gasteiger partial charge >= 0.3 is 0 Å². The highest BCUT2D eigenvalue weighted by atomic mass is 32.1. The number of aryl methyl sites for hydroxylation is 1. The van der Waals surface area contributed by atoms with Crippen LogP contribution in [-0.4, -0.2) is 18.1 Å². The van der Waals surface area contributed by atoms with Gasteiger partial charge in [0, 0.05) is 30.8 Å². The standard InChI is InChI=1S/C16H20N2OS/c1-11-4-3-5-14(12(11)2)19-9-7-16-18-13-6-8-17-10-15(13)20-16/h3-5,17H,6-10H2,1-2H3. The summed E-state index contributed by atoms with van der Waals surface area (Å²) in [4.78, 5) is 6.12. The number of ether oxygens (including phenoxy) is 1. The van der Waals surface area contributed by atoms with E-state index in [1.807, 2.05) is 23.5 Å². The lowest BCUT2D eigenvalue weighted by atomic mass is 10.1. The van der Waals surface area contributed by atoms with E-state index in [0.29, 0.717) is 6.61 Å². The van der Waals surface area contributed by atoms with Crippen molar-refractivity contribution in [3.8, 4) is 5.75 Å². The lowest BCUT2D eigenvalue weighted by Crippen LogP contribution is -2.22. The second-order valence-electron chi connectivity index (χ2n) is 5.20. The Labute approximate surface area is 124 Å². The number of nitrogens with zero attached hydrogens (tertiary/aromatic N) is 1. The first-order valence-electron chi connectivity index (χ1n) is 7.11. The van der Waals surface area contributed by atoms with Gasteiger partial charge in [0.1, 0.15) is 5.75 Å². The molecule has 0 unspecified atom stereocenters. The van der Waals surface area contributed by atoms with Gasteiger partial charge in [-0.2, -0.15) is 0 Å². The molecule has 0 amide bonds. The summed E-state index contributed by atoms with van der Waals surface area (Å²) in [5.74, 6) is 0.994. The van der Waals surface area contributed by atoms with E-state index in [1.165, 1.54) is 26.7 Å². The van der Waals surface area contributed by atoms with Crippen molar-refractivity contribution < 1.29 is 4.74 Å². The Hall–Kier alpha value is -1.39. The number of hydrogen-bond acceptors (Lipinski definition) is 4. The maximum atomic E-state index is 5.90. The highest BCUT2D eigenvalue weighted by molar-refractivity contribution is 7.11. The molecular weight excluding hydrogens is 268 g/mol. The number of thiazole rings is 1. The predicted octanol–water partition coefficient (Wildman–Crippen LogP) is 3.03. The summed E-state index contributed by atoms with van der Waals surface area (Å²) in [6.45, 7) is 6.95. The summed E-state index contributed by atoms with van der Waals surface area (Å²) in [7, 11) is 0. The van der Waals surface area contributed by atoms with Crippen molar-refractivity contribution in [2.24, 2.45) is 0 Å². The van der Waals surface area contributed by atoms with Crippen LogP contribution < -0.4 is 10.1 Å². The smallest absolute Gasteiger partial charge is 0.122 e. The molecule has 1 aliphatic rings. The molecule has 3 rings (SSSR count). The molecule has 4 heteroatoms. The fourth-order valence-corrected chi connectivity index (χ4v) is 3.48. The third-order valence-corrected chi connectivity index (χ3v) is 4.93. The van der Waals surface area contributed by atoms with Crippen LogP contribution in [0.5, 0.6) is 5.75 Å². The summed E-state index contributed by atoms with van der Waals surface area (Å²) >= 11 is 1.82. The first kappa shape index (κ1) is 13.6. The quantitative estimate of drug-likeness (QED) is 0.939. The Kier molecular flexibility index (Phi) is 4.03. The number of benzene rings is 1. The number of fused-ring (bicyclic) bond motifs is 1. The minimum Gasteiger partial charge on any atom is -0.493 e. The summed E-state index contributed by atoms with van der Waals surface area (Å²) in [5, 5.41) is 4.59. The second kappa shape index (κ2) is 5.94. The van der Waals surface area contributed by atoms with E-state index in [2.05, 4.69) is 25.2 Å². The van der Waals surface area contributed by atoms with Crippen molar-refractivity contribution in [1.29, 1.82) is 0 Å². The maximum Gasteiger partial charge on any atom is 0.122 e. The van der Waals surface area contributed by atoms with Crippen LogP contribution in [0.3, 0.4) is 0 Å². The number of rotatable bonds is 4. The molecule has 2 aromatic rings. The molecule has 20 heavy (non-hydrogen) atoms. The summed E-state index contributed by atoms with van der Waals surface area (Å²) in [5.41, 5.74) is 3.80. The van der Waals surface area contributed by atoms with Crippen LogP contribution in [0, 0.1) is 13.8 Å². The largest absolute Gasteiger partial charge is 0.493 e. The van der Waals surface area contributed by atoms with Gasteiger partial charge in [0.25, 0.3) is 0 Å². The molecule has 0 atom stereocenters. The van der Waals surface area contributed by atoms with Gasteiger partial charge in [-0.3, -0.25) is 0 Å². The Morgan fingerprint density at radius 1 is 1.35 bits per heavy atom. The van der Waals surface area contributed by atoms with E-state index in [-0.39, 0.29) is 0 Å². The van der Waals surface area contributed by atoms with Crippen molar-refractivity contribution in [2.45, 2.75) is 33.2 Å². The van der Waals surface area contributed by atoms with E-state index < -0.39 is 0 Å². The first-order valence-corrected chi connectivity index (χ1v) is 7.93. The summed E-state index contributed by atoms with van der Waals surface area (Å²) in [6, 6.07) is 6.20. The third kappa shape index (κ3) is 2.86. The Balaban J connectivity index is 1.60. The van der Waals surface area contributed by atoms with E-state index in [0.717, 1.165) is 31.7 Å². The SMILES string of the molecule is Cc1cccc(OCCc2nc3c(s2)CNCC3)c1C. The molecule has 1 aliphatic heterocycles. The minimum absolute atomic E-state index is 0.699. The van der Waals surface area contributed by atoms with Gasteiger partial charge in [0.05, 0.1) is 17.3 Å². The Morgan fingerprint density at radius 3 is 3.10 bits per heavy atom. The van der Waals surface area contributed by atoms with Crippen LogP contribution in [0.1, 0.15) is 26.7 Å². The predicted molar refractivity (Wildman–Crippen MR) is 82.6 cm³/mol. The molecule has 0 saturated heterocycles. The van der Waals surface area contributed by atoms with Crippen LogP contribution in [0.2, 0.25) is 0 Å². The van der Waals surface area contributed by atoms with E-state index >= 15 is 0 Å². The van der Waals surface area contributed by atoms with Crippen molar-refractivity contribution in [3.05, 3.63) is 44.9 Å². The molecule has 0 fully saturated rings. The average molecular weight is 288 g/mol. The van der Waals surface area contributed by atoms with Gasteiger partial charge in [0.2, 0.25) is 0 Å². The summed E-state index contributed by atoms with van der Waals surface area (Å²) in [6.07, 6.45) is 1.95. The highest BCUT2D eigenvalue weighted by Gasteiger charge is 2.14. The molecule has 0 saturated carbocycles. The molecule has 0 aliphatic carbocycles. The average Bonchev–Trinajstić information content (AvgIpc) is 2.86. The lowest BCUT2D eigenvalue weighted by Gasteiger charge is -2.09. The zero-order valence-electron chi connectivity index (χ0n) is 12.0. The molecule has 106 valence electrons. The van der Waals surface area contributed by atoms with Gasteiger partial charge in [-0.05, 0) is 31.0 Å². The number of hydrogen-bond donors (Lipinski definition) is 1.